The van der Waals surface area contributed by atoms with E-state index in [2.05, 4.69) is 21.6 Å². The lowest BCUT2D eigenvalue weighted by atomic mass is 10.1. The van der Waals surface area contributed by atoms with Crippen molar-refractivity contribution in [2.45, 2.75) is 26.8 Å². The lowest BCUT2D eigenvalue weighted by molar-refractivity contribution is 0.354. The quantitative estimate of drug-likeness (QED) is 0.768. The molecule has 2 rings (SSSR count). The Bertz CT molecular complexity index is 574. The molecule has 5 nitrogen and oxygen atoms in total. The summed E-state index contributed by atoms with van der Waals surface area (Å²) in [5, 5.41) is 10.7. The maximum atomic E-state index is 5.32. The van der Waals surface area contributed by atoms with E-state index in [1.54, 1.807) is 14.2 Å². The van der Waals surface area contributed by atoms with Crippen molar-refractivity contribution < 1.29 is 9.47 Å². The Morgan fingerprint density at radius 1 is 1.14 bits per heavy atom. The van der Waals surface area contributed by atoms with Crippen LogP contribution in [0.5, 0.6) is 11.5 Å². The van der Waals surface area contributed by atoms with E-state index in [0.29, 0.717) is 0 Å². The molecule has 1 heterocycles. The van der Waals surface area contributed by atoms with Crippen LogP contribution in [0, 0.1) is 13.8 Å². The SMILES string of the molecule is COc1ccc(CCNCc2c(C)n[nH]c2C)cc1OC. The molecule has 0 spiro atoms. The molecule has 1 aromatic heterocycles. The number of aryl methyl sites for hydroxylation is 2. The van der Waals surface area contributed by atoms with Crippen molar-refractivity contribution in [3.05, 3.63) is 40.7 Å². The minimum atomic E-state index is 0.763. The van der Waals surface area contributed by atoms with E-state index in [9.17, 15) is 0 Å². The maximum absolute atomic E-state index is 5.32. The number of hydrogen-bond acceptors (Lipinski definition) is 4. The monoisotopic (exact) mass is 289 g/mol. The summed E-state index contributed by atoms with van der Waals surface area (Å²) >= 11 is 0. The van der Waals surface area contributed by atoms with E-state index < -0.39 is 0 Å². The highest BCUT2D eigenvalue weighted by molar-refractivity contribution is 5.42. The maximum Gasteiger partial charge on any atom is 0.160 e. The van der Waals surface area contributed by atoms with Crippen molar-refractivity contribution in [1.82, 2.24) is 15.5 Å². The van der Waals surface area contributed by atoms with Gasteiger partial charge in [0.2, 0.25) is 0 Å². The van der Waals surface area contributed by atoms with E-state index in [1.165, 1.54) is 11.1 Å². The van der Waals surface area contributed by atoms with Gasteiger partial charge in [0.05, 0.1) is 19.9 Å². The van der Waals surface area contributed by atoms with Crippen LogP contribution < -0.4 is 14.8 Å². The van der Waals surface area contributed by atoms with Gasteiger partial charge in [0.1, 0.15) is 0 Å². The van der Waals surface area contributed by atoms with Crippen LogP contribution in [0.25, 0.3) is 0 Å². The molecule has 0 saturated heterocycles. The van der Waals surface area contributed by atoms with Gasteiger partial charge >= 0.3 is 0 Å². The Kier molecular flexibility index (Phi) is 5.22. The fourth-order valence-electron chi connectivity index (χ4n) is 2.32. The van der Waals surface area contributed by atoms with Gasteiger partial charge in [0.25, 0.3) is 0 Å². The number of benzene rings is 1. The van der Waals surface area contributed by atoms with Crippen LogP contribution in [-0.4, -0.2) is 31.0 Å². The average molecular weight is 289 g/mol. The number of ether oxygens (including phenoxy) is 2. The van der Waals surface area contributed by atoms with Crippen LogP contribution in [0.15, 0.2) is 18.2 Å². The highest BCUT2D eigenvalue weighted by Crippen LogP contribution is 2.27. The van der Waals surface area contributed by atoms with E-state index in [1.807, 2.05) is 26.0 Å². The zero-order valence-corrected chi connectivity index (χ0v) is 13.1. The molecule has 0 aliphatic rings. The molecule has 1 aromatic carbocycles. The van der Waals surface area contributed by atoms with Gasteiger partial charge in [-0.1, -0.05) is 6.07 Å². The lowest BCUT2D eigenvalue weighted by Crippen LogP contribution is -2.17. The molecular weight excluding hydrogens is 266 g/mol. The number of aromatic nitrogens is 2. The number of nitrogens with one attached hydrogen (secondary N) is 2. The van der Waals surface area contributed by atoms with E-state index >= 15 is 0 Å². The number of H-pyrrole nitrogens is 1. The first-order valence-electron chi connectivity index (χ1n) is 7.07. The Hall–Kier alpha value is -2.01. The smallest absolute Gasteiger partial charge is 0.160 e. The summed E-state index contributed by atoms with van der Waals surface area (Å²) < 4.78 is 10.6. The zero-order chi connectivity index (χ0) is 15.2. The Labute approximate surface area is 125 Å². The number of methoxy groups -OCH3 is 2. The van der Waals surface area contributed by atoms with E-state index in [4.69, 9.17) is 9.47 Å². The standard InChI is InChI=1S/C16H23N3O2/c1-11-14(12(2)19-18-11)10-17-8-7-13-5-6-15(20-3)16(9-13)21-4/h5-6,9,17H,7-8,10H2,1-4H3,(H,18,19). The predicted molar refractivity (Wildman–Crippen MR) is 83.0 cm³/mol. The molecule has 0 fully saturated rings. The summed E-state index contributed by atoms with van der Waals surface area (Å²) in [4.78, 5) is 0. The molecular formula is C16H23N3O2. The minimum Gasteiger partial charge on any atom is -0.493 e. The van der Waals surface area contributed by atoms with Gasteiger partial charge in [0.15, 0.2) is 11.5 Å². The third-order valence-corrected chi connectivity index (χ3v) is 3.62. The lowest BCUT2D eigenvalue weighted by Gasteiger charge is -2.10. The number of nitrogens with zero attached hydrogens (tertiary/aromatic N) is 1. The second-order valence-electron chi connectivity index (χ2n) is 5.03. The van der Waals surface area contributed by atoms with Crippen molar-refractivity contribution in [1.29, 1.82) is 0 Å². The molecule has 21 heavy (non-hydrogen) atoms. The van der Waals surface area contributed by atoms with E-state index in [0.717, 1.165) is 42.4 Å². The first-order chi connectivity index (χ1) is 10.2. The van der Waals surface area contributed by atoms with Crippen molar-refractivity contribution in [3.8, 4) is 11.5 Å². The minimum absolute atomic E-state index is 0.763. The van der Waals surface area contributed by atoms with Crippen molar-refractivity contribution in [3.63, 3.8) is 0 Å². The number of hydrogen-bond donors (Lipinski definition) is 2. The van der Waals surface area contributed by atoms with Crippen LogP contribution in [0.2, 0.25) is 0 Å². The molecule has 2 aromatic rings. The van der Waals surface area contributed by atoms with Gasteiger partial charge in [0, 0.05) is 17.8 Å². The average Bonchev–Trinajstić information content (AvgIpc) is 2.82. The Morgan fingerprint density at radius 3 is 2.52 bits per heavy atom. The topological polar surface area (TPSA) is 59.2 Å². The Morgan fingerprint density at radius 2 is 1.90 bits per heavy atom. The molecule has 0 bridgehead atoms. The zero-order valence-electron chi connectivity index (χ0n) is 13.1. The Balaban J connectivity index is 1.86. The summed E-state index contributed by atoms with van der Waals surface area (Å²) in [6, 6.07) is 6.03. The first kappa shape index (κ1) is 15.4. The number of aromatic amines is 1. The third-order valence-electron chi connectivity index (χ3n) is 3.62. The largest absolute Gasteiger partial charge is 0.493 e. The van der Waals surface area contributed by atoms with Gasteiger partial charge < -0.3 is 14.8 Å². The summed E-state index contributed by atoms with van der Waals surface area (Å²) in [5.74, 6) is 1.54. The van der Waals surface area contributed by atoms with Crippen LogP contribution in [0.1, 0.15) is 22.5 Å². The number of rotatable bonds is 7. The van der Waals surface area contributed by atoms with Gasteiger partial charge in [-0.05, 0) is 44.5 Å². The molecule has 0 unspecified atom stereocenters. The summed E-state index contributed by atoms with van der Waals surface area (Å²) in [6.45, 7) is 5.81. The molecule has 0 radical (unpaired) electrons. The van der Waals surface area contributed by atoms with Gasteiger partial charge in [-0.15, -0.1) is 0 Å². The molecule has 0 amide bonds. The molecule has 0 aliphatic carbocycles. The van der Waals surface area contributed by atoms with Gasteiger partial charge in [-0.2, -0.15) is 5.10 Å². The molecule has 0 aliphatic heterocycles. The van der Waals surface area contributed by atoms with Crippen LogP contribution in [-0.2, 0) is 13.0 Å². The highest BCUT2D eigenvalue weighted by Gasteiger charge is 2.06. The molecule has 114 valence electrons. The predicted octanol–water partition coefficient (Wildman–Crippen LogP) is 2.38. The fourth-order valence-corrected chi connectivity index (χ4v) is 2.32. The first-order valence-corrected chi connectivity index (χ1v) is 7.07. The second kappa shape index (κ2) is 7.13. The molecule has 5 heteroatoms. The van der Waals surface area contributed by atoms with Gasteiger partial charge in [-0.25, -0.2) is 0 Å². The molecule has 0 saturated carbocycles. The molecule has 2 N–H and O–H groups in total. The fraction of sp³-hybridized carbons (Fsp3) is 0.438. The van der Waals surface area contributed by atoms with Crippen LogP contribution in [0.3, 0.4) is 0 Å². The summed E-state index contributed by atoms with van der Waals surface area (Å²) in [5.41, 5.74) is 4.67. The highest BCUT2D eigenvalue weighted by atomic mass is 16.5. The van der Waals surface area contributed by atoms with Crippen LogP contribution >= 0.6 is 0 Å². The van der Waals surface area contributed by atoms with Gasteiger partial charge in [-0.3, -0.25) is 5.10 Å². The normalized spacial score (nSPS) is 10.7. The van der Waals surface area contributed by atoms with E-state index in [-0.39, 0.29) is 0 Å². The second-order valence-corrected chi connectivity index (χ2v) is 5.03. The van der Waals surface area contributed by atoms with Crippen molar-refractivity contribution in [2.75, 3.05) is 20.8 Å². The summed E-state index contributed by atoms with van der Waals surface area (Å²) in [6.07, 6.45) is 0.941. The van der Waals surface area contributed by atoms with Crippen molar-refractivity contribution >= 4 is 0 Å². The molecule has 0 atom stereocenters. The van der Waals surface area contributed by atoms with Crippen molar-refractivity contribution in [2.24, 2.45) is 0 Å². The third kappa shape index (κ3) is 3.76. The van der Waals surface area contributed by atoms with Crippen LogP contribution in [0.4, 0.5) is 0 Å². The summed E-state index contributed by atoms with van der Waals surface area (Å²) in [7, 11) is 3.30.